The predicted octanol–water partition coefficient (Wildman–Crippen LogP) is 1.83. The number of piperidine rings is 1. The van der Waals surface area contributed by atoms with Crippen molar-refractivity contribution in [2.45, 2.75) is 66.1 Å². The van der Waals surface area contributed by atoms with Gasteiger partial charge in [0.25, 0.3) is 5.56 Å². The predicted molar refractivity (Wildman–Crippen MR) is 148 cm³/mol. The number of aryl methyl sites for hydroxylation is 1. The summed E-state index contributed by atoms with van der Waals surface area (Å²) in [6.07, 6.45) is 1.00. The van der Waals surface area contributed by atoms with E-state index in [0.29, 0.717) is 17.6 Å². The maximum atomic E-state index is 13.7. The van der Waals surface area contributed by atoms with Crippen molar-refractivity contribution < 1.29 is 18.0 Å². The zero-order chi connectivity index (χ0) is 29.1. The van der Waals surface area contributed by atoms with E-state index in [1.165, 1.54) is 4.90 Å². The van der Waals surface area contributed by atoms with Crippen molar-refractivity contribution in [1.29, 1.82) is 5.26 Å². The first-order valence-electron chi connectivity index (χ1n) is 13.0. The first-order valence-corrected chi connectivity index (χ1v) is 14.9. The van der Waals surface area contributed by atoms with E-state index in [-0.39, 0.29) is 29.2 Å². The Morgan fingerprint density at radius 2 is 1.92 bits per heavy atom. The third-order valence-electron chi connectivity index (χ3n) is 8.18. The molecule has 0 spiro atoms. The molecule has 11 heteroatoms. The average Bonchev–Trinajstić information content (AvgIpc) is 3.14. The fraction of sp³-hybridized carbons (Fsp3) is 0.571. The number of nitriles is 1. The largest absolute Gasteiger partial charge is 0.338 e. The Hall–Kier alpha value is -3.23. The van der Waals surface area contributed by atoms with Crippen LogP contribution in [0.3, 0.4) is 0 Å². The molecule has 1 saturated carbocycles. The minimum atomic E-state index is -3.70. The van der Waals surface area contributed by atoms with Crippen molar-refractivity contribution in [3.8, 4) is 6.07 Å². The van der Waals surface area contributed by atoms with Crippen LogP contribution in [0.2, 0.25) is 0 Å². The molecule has 39 heavy (non-hydrogen) atoms. The van der Waals surface area contributed by atoms with Crippen molar-refractivity contribution in [1.82, 2.24) is 19.9 Å². The van der Waals surface area contributed by atoms with Crippen molar-refractivity contribution in [3.05, 3.63) is 45.7 Å². The Morgan fingerprint density at radius 3 is 2.51 bits per heavy atom. The standard InChI is InChI=1S/C28H37N5O5S/c1-15-8-9-20-16(10-15)11-17(24(34)31-20)12-18(13-29)30-25(35)22-21-19(28(21,5)6)14-33(22)26(36)23(27(2,3)4)32-39(7,37)38/h8-11,18-19,21-23,32H,12,14H2,1-7H3,(H,30,35)(H,31,34)/t18-,19+,21+,22+,23-/m1/s1. The van der Waals surface area contributed by atoms with E-state index >= 15 is 0 Å². The maximum Gasteiger partial charge on any atom is 0.251 e. The van der Waals surface area contributed by atoms with Gasteiger partial charge in [0.1, 0.15) is 18.1 Å². The number of benzene rings is 1. The van der Waals surface area contributed by atoms with Crippen LogP contribution < -0.4 is 15.6 Å². The number of sulfonamides is 1. The Morgan fingerprint density at radius 1 is 1.26 bits per heavy atom. The molecule has 1 saturated heterocycles. The van der Waals surface area contributed by atoms with E-state index in [4.69, 9.17) is 0 Å². The lowest BCUT2D eigenvalue weighted by Crippen LogP contribution is -2.59. The lowest BCUT2D eigenvalue weighted by atomic mass is 9.86. The number of pyridine rings is 1. The molecule has 4 rings (SSSR count). The number of aromatic amines is 1. The third kappa shape index (κ3) is 5.72. The lowest BCUT2D eigenvalue weighted by Gasteiger charge is -2.37. The summed E-state index contributed by atoms with van der Waals surface area (Å²) in [5, 5.41) is 13.5. The summed E-state index contributed by atoms with van der Waals surface area (Å²) in [5.74, 6) is -0.978. The normalized spacial score (nSPS) is 23.5. The second-order valence-electron chi connectivity index (χ2n) is 12.7. The molecule has 0 bridgehead atoms. The second kappa shape index (κ2) is 9.75. The summed E-state index contributed by atoms with van der Waals surface area (Å²) in [4.78, 5) is 44.4. The molecule has 3 N–H and O–H groups in total. The molecule has 0 radical (unpaired) electrons. The fourth-order valence-electron chi connectivity index (χ4n) is 5.92. The smallest absolute Gasteiger partial charge is 0.251 e. The maximum absolute atomic E-state index is 13.7. The molecule has 1 aromatic carbocycles. The van der Waals surface area contributed by atoms with Gasteiger partial charge in [0, 0.05) is 24.0 Å². The van der Waals surface area contributed by atoms with Gasteiger partial charge in [-0.15, -0.1) is 0 Å². The number of carbonyl (C=O) groups is 2. The topological polar surface area (TPSA) is 152 Å². The van der Waals surface area contributed by atoms with Gasteiger partial charge in [-0.1, -0.05) is 46.2 Å². The number of hydrogen-bond donors (Lipinski definition) is 3. The van der Waals surface area contributed by atoms with E-state index in [1.807, 2.05) is 39.0 Å². The second-order valence-corrected chi connectivity index (χ2v) is 14.5. The highest BCUT2D eigenvalue weighted by Gasteiger charge is 2.69. The Labute approximate surface area is 229 Å². The number of rotatable bonds is 7. The Bertz CT molecular complexity index is 1530. The van der Waals surface area contributed by atoms with Crippen LogP contribution in [0.25, 0.3) is 10.9 Å². The quantitative estimate of drug-likeness (QED) is 0.474. The zero-order valence-corrected chi connectivity index (χ0v) is 24.3. The van der Waals surface area contributed by atoms with Crippen LogP contribution in [0.4, 0.5) is 0 Å². The minimum Gasteiger partial charge on any atom is -0.338 e. The number of H-pyrrole nitrogens is 1. The Balaban J connectivity index is 1.58. The molecular weight excluding hydrogens is 518 g/mol. The lowest BCUT2D eigenvalue weighted by molar-refractivity contribution is -0.143. The summed E-state index contributed by atoms with van der Waals surface area (Å²) in [7, 11) is -3.70. The Kier molecular flexibility index (Phi) is 7.19. The molecule has 5 atom stereocenters. The van der Waals surface area contributed by atoms with Crippen molar-refractivity contribution in [2.75, 3.05) is 12.8 Å². The molecule has 1 aromatic heterocycles. The van der Waals surface area contributed by atoms with Gasteiger partial charge in [-0.25, -0.2) is 13.1 Å². The molecule has 1 aliphatic heterocycles. The number of nitrogens with zero attached hydrogens (tertiary/aromatic N) is 2. The van der Waals surface area contributed by atoms with Gasteiger partial charge in [0.05, 0.1) is 12.3 Å². The SMILES string of the molecule is Cc1ccc2[nH]c(=O)c(C[C@H](C#N)NC(=O)[C@@H]3[C@@H]4[C@H](CN3C(=O)[C@@H](NS(C)(=O)=O)C(C)(C)C)C4(C)C)cc2c1. The molecule has 1 aliphatic carbocycles. The highest BCUT2D eigenvalue weighted by atomic mass is 32.2. The molecule has 2 aromatic rings. The van der Waals surface area contributed by atoms with Crippen molar-refractivity contribution in [2.24, 2.45) is 22.7 Å². The van der Waals surface area contributed by atoms with E-state index < -0.39 is 45.4 Å². The number of hydrogen-bond acceptors (Lipinski definition) is 6. The molecule has 2 amide bonds. The molecular formula is C28H37N5O5S. The number of aromatic nitrogens is 1. The monoisotopic (exact) mass is 555 g/mol. The van der Waals surface area contributed by atoms with Gasteiger partial charge < -0.3 is 15.2 Å². The van der Waals surface area contributed by atoms with Crippen LogP contribution in [0, 0.1) is 40.9 Å². The first kappa shape index (κ1) is 28.8. The van der Waals surface area contributed by atoms with Crippen molar-refractivity contribution >= 4 is 32.7 Å². The van der Waals surface area contributed by atoms with E-state index in [1.54, 1.807) is 26.8 Å². The van der Waals surface area contributed by atoms with Crippen LogP contribution in [0.5, 0.6) is 0 Å². The third-order valence-corrected chi connectivity index (χ3v) is 8.84. The number of nitrogens with one attached hydrogen (secondary N) is 3. The molecule has 0 unspecified atom stereocenters. The van der Waals surface area contributed by atoms with Crippen LogP contribution in [-0.2, 0) is 26.0 Å². The van der Waals surface area contributed by atoms with E-state index in [0.717, 1.165) is 17.2 Å². The molecule has 10 nitrogen and oxygen atoms in total. The van der Waals surface area contributed by atoms with Gasteiger partial charge in [-0.05, 0) is 53.2 Å². The fourth-order valence-corrected chi connectivity index (χ4v) is 6.80. The molecule has 2 aliphatic rings. The van der Waals surface area contributed by atoms with Gasteiger partial charge in [-0.2, -0.15) is 5.26 Å². The van der Waals surface area contributed by atoms with E-state index in [9.17, 15) is 28.1 Å². The van der Waals surface area contributed by atoms with E-state index in [2.05, 4.69) is 21.1 Å². The van der Waals surface area contributed by atoms with Gasteiger partial charge in [0.15, 0.2) is 0 Å². The van der Waals surface area contributed by atoms with Crippen LogP contribution >= 0.6 is 0 Å². The summed E-state index contributed by atoms with van der Waals surface area (Å²) >= 11 is 0. The number of carbonyl (C=O) groups excluding carboxylic acids is 2. The first-order chi connectivity index (χ1) is 17.9. The number of fused-ring (bicyclic) bond motifs is 2. The van der Waals surface area contributed by atoms with Crippen molar-refractivity contribution in [3.63, 3.8) is 0 Å². The molecule has 2 fully saturated rings. The average molecular weight is 556 g/mol. The molecule has 210 valence electrons. The number of amides is 2. The van der Waals surface area contributed by atoms with Crippen LogP contribution in [0.15, 0.2) is 29.1 Å². The van der Waals surface area contributed by atoms with Crippen LogP contribution in [-0.4, -0.2) is 61.0 Å². The van der Waals surface area contributed by atoms with Crippen LogP contribution in [0.1, 0.15) is 45.7 Å². The summed E-state index contributed by atoms with van der Waals surface area (Å²) < 4.78 is 26.6. The van der Waals surface area contributed by atoms with Gasteiger partial charge in [-0.3, -0.25) is 14.4 Å². The summed E-state index contributed by atoms with van der Waals surface area (Å²) in [6.45, 7) is 11.6. The highest BCUT2D eigenvalue weighted by molar-refractivity contribution is 7.88. The highest BCUT2D eigenvalue weighted by Crippen LogP contribution is 2.65. The summed E-state index contributed by atoms with van der Waals surface area (Å²) in [6, 6.07) is 6.56. The molecule has 2 heterocycles. The minimum absolute atomic E-state index is 0.000139. The van der Waals surface area contributed by atoms with Gasteiger partial charge >= 0.3 is 0 Å². The zero-order valence-electron chi connectivity index (χ0n) is 23.5. The number of likely N-dealkylation sites (tertiary alicyclic amines) is 1. The summed E-state index contributed by atoms with van der Waals surface area (Å²) in [5.41, 5.74) is 0.835. The van der Waals surface area contributed by atoms with Gasteiger partial charge in [0.2, 0.25) is 21.8 Å².